The Bertz CT molecular complexity index is 520. The molecular weight excluding hydrogens is 276 g/mol. The Labute approximate surface area is 122 Å². The molecule has 21 heavy (non-hydrogen) atoms. The lowest BCUT2D eigenvalue weighted by molar-refractivity contribution is -0.384. The SMILES string of the molecule is O=C(O)C1CCCCN1CCOc1cccc([N+](=O)[O-])c1. The fourth-order valence-electron chi connectivity index (χ4n) is 2.51. The summed E-state index contributed by atoms with van der Waals surface area (Å²) in [4.78, 5) is 23.2. The van der Waals surface area contributed by atoms with Gasteiger partial charge in [0.05, 0.1) is 11.0 Å². The molecule has 1 aromatic carbocycles. The van der Waals surface area contributed by atoms with E-state index in [9.17, 15) is 14.9 Å². The third-order valence-corrected chi connectivity index (χ3v) is 3.57. The largest absolute Gasteiger partial charge is 0.492 e. The van der Waals surface area contributed by atoms with E-state index in [0.717, 1.165) is 19.4 Å². The van der Waals surface area contributed by atoms with Gasteiger partial charge in [-0.1, -0.05) is 12.5 Å². The molecule has 0 aromatic heterocycles. The van der Waals surface area contributed by atoms with Crippen LogP contribution in [0.15, 0.2) is 24.3 Å². The fraction of sp³-hybridized carbons (Fsp3) is 0.500. The number of nitro benzene ring substituents is 1. The van der Waals surface area contributed by atoms with E-state index in [1.165, 1.54) is 12.1 Å². The van der Waals surface area contributed by atoms with Crippen LogP contribution >= 0.6 is 0 Å². The number of ether oxygens (including phenoxy) is 1. The van der Waals surface area contributed by atoms with Gasteiger partial charge in [0.15, 0.2) is 0 Å². The number of carboxylic acid groups (broad SMARTS) is 1. The molecule has 7 nitrogen and oxygen atoms in total. The van der Waals surface area contributed by atoms with Gasteiger partial charge in [-0.2, -0.15) is 0 Å². The summed E-state index contributed by atoms with van der Waals surface area (Å²) in [5.74, 6) is -0.377. The Morgan fingerprint density at radius 2 is 2.29 bits per heavy atom. The molecule has 0 radical (unpaired) electrons. The zero-order valence-corrected chi connectivity index (χ0v) is 11.6. The molecule has 1 aliphatic rings. The maximum absolute atomic E-state index is 11.2. The minimum Gasteiger partial charge on any atom is -0.492 e. The summed E-state index contributed by atoms with van der Waals surface area (Å²) >= 11 is 0. The van der Waals surface area contributed by atoms with E-state index in [1.54, 1.807) is 12.1 Å². The average Bonchev–Trinajstić information content (AvgIpc) is 2.48. The monoisotopic (exact) mass is 294 g/mol. The fourth-order valence-corrected chi connectivity index (χ4v) is 2.51. The van der Waals surface area contributed by atoms with Crippen LogP contribution in [0.2, 0.25) is 0 Å². The second-order valence-electron chi connectivity index (χ2n) is 4.99. The summed E-state index contributed by atoms with van der Waals surface area (Å²) in [6, 6.07) is 5.53. The minimum absolute atomic E-state index is 0.0196. The number of nitro groups is 1. The van der Waals surface area contributed by atoms with E-state index in [2.05, 4.69) is 0 Å². The highest BCUT2D eigenvalue weighted by Gasteiger charge is 2.27. The first-order chi connectivity index (χ1) is 10.1. The predicted molar refractivity (Wildman–Crippen MR) is 75.4 cm³/mol. The van der Waals surface area contributed by atoms with Crippen LogP contribution in [0.4, 0.5) is 5.69 Å². The lowest BCUT2D eigenvalue weighted by atomic mass is 10.0. The van der Waals surface area contributed by atoms with Crippen LogP contribution in [0.3, 0.4) is 0 Å². The van der Waals surface area contributed by atoms with Gasteiger partial charge in [0.25, 0.3) is 5.69 Å². The number of likely N-dealkylation sites (tertiary alicyclic amines) is 1. The van der Waals surface area contributed by atoms with Gasteiger partial charge in [-0.05, 0) is 25.5 Å². The van der Waals surface area contributed by atoms with E-state index < -0.39 is 16.9 Å². The highest BCUT2D eigenvalue weighted by Crippen LogP contribution is 2.20. The molecule has 2 rings (SSSR count). The normalized spacial score (nSPS) is 19.1. The maximum atomic E-state index is 11.2. The Kier molecular flexibility index (Phi) is 5.10. The third-order valence-electron chi connectivity index (χ3n) is 3.57. The molecule has 114 valence electrons. The molecule has 0 amide bonds. The van der Waals surface area contributed by atoms with Crippen LogP contribution in [-0.4, -0.2) is 46.6 Å². The molecule has 1 aliphatic heterocycles. The van der Waals surface area contributed by atoms with Crippen molar-refractivity contribution in [2.75, 3.05) is 19.7 Å². The summed E-state index contributed by atoms with van der Waals surface area (Å²) < 4.78 is 5.49. The third kappa shape index (κ3) is 4.16. The maximum Gasteiger partial charge on any atom is 0.320 e. The first kappa shape index (κ1) is 15.2. The van der Waals surface area contributed by atoms with E-state index in [0.29, 0.717) is 25.3 Å². The zero-order chi connectivity index (χ0) is 15.2. The van der Waals surface area contributed by atoms with E-state index in [1.807, 2.05) is 4.90 Å². The van der Waals surface area contributed by atoms with Crippen molar-refractivity contribution >= 4 is 11.7 Å². The van der Waals surface area contributed by atoms with Gasteiger partial charge in [0.1, 0.15) is 18.4 Å². The highest BCUT2D eigenvalue weighted by atomic mass is 16.6. The van der Waals surface area contributed by atoms with Crippen molar-refractivity contribution in [1.29, 1.82) is 0 Å². The number of hydrogen-bond acceptors (Lipinski definition) is 5. The molecular formula is C14H18N2O5. The van der Waals surface area contributed by atoms with Crippen LogP contribution in [-0.2, 0) is 4.79 Å². The smallest absolute Gasteiger partial charge is 0.320 e. The second kappa shape index (κ2) is 7.03. The first-order valence-corrected chi connectivity index (χ1v) is 6.92. The van der Waals surface area contributed by atoms with Crippen LogP contribution in [0.5, 0.6) is 5.75 Å². The Morgan fingerprint density at radius 1 is 1.48 bits per heavy atom. The molecule has 1 unspecified atom stereocenters. The van der Waals surface area contributed by atoms with Crippen molar-refractivity contribution < 1.29 is 19.6 Å². The summed E-state index contributed by atoms with van der Waals surface area (Å²) in [6.45, 7) is 1.56. The standard InChI is InChI=1S/C14H18N2O5/c17-14(18)13-6-1-2-7-15(13)8-9-21-12-5-3-4-11(10-12)16(19)20/h3-5,10,13H,1-2,6-9H2,(H,17,18). The number of carbonyl (C=O) groups is 1. The van der Waals surface area contributed by atoms with Gasteiger partial charge >= 0.3 is 5.97 Å². The molecule has 0 spiro atoms. The van der Waals surface area contributed by atoms with Gasteiger partial charge in [0, 0.05) is 12.6 Å². The molecule has 1 N–H and O–H groups in total. The van der Waals surface area contributed by atoms with Gasteiger partial charge in [-0.3, -0.25) is 19.8 Å². The summed E-state index contributed by atoms with van der Waals surface area (Å²) in [6.07, 6.45) is 2.58. The van der Waals surface area contributed by atoms with Gasteiger partial charge in [-0.15, -0.1) is 0 Å². The van der Waals surface area contributed by atoms with Crippen LogP contribution in [0, 0.1) is 10.1 Å². The van der Waals surface area contributed by atoms with E-state index >= 15 is 0 Å². The zero-order valence-electron chi connectivity index (χ0n) is 11.6. The van der Waals surface area contributed by atoms with Crippen molar-refractivity contribution in [3.8, 4) is 5.75 Å². The molecule has 1 aromatic rings. The van der Waals surface area contributed by atoms with Crippen molar-refractivity contribution in [1.82, 2.24) is 4.90 Å². The Hall–Kier alpha value is -2.15. The number of benzene rings is 1. The molecule has 1 saturated heterocycles. The molecule has 0 saturated carbocycles. The molecule has 1 heterocycles. The quantitative estimate of drug-likeness (QED) is 0.636. The number of hydrogen-bond donors (Lipinski definition) is 1. The van der Waals surface area contributed by atoms with E-state index in [4.69, 9.17) is 9.84 Å². The number of rotatable bonds is 6. The lowest BCUT2D eigenvalue weighted by Gasteiger charge is -2.32. The van der Waals surface area contributed by atoms with Crippen molar-refractivity contribution in [2.24, 2.45) is 0 Å². The van der Waals surface area contributed by atoms with Gasteiger partial charge < -0.3 is 9.84 Å². The number of aliphatic carboxylic acids is 1. The summed E-state index contributed by atoms with van der Waals surface area (Å²) in [5.41, 5.74) is -0.0196. The molecule has 0 aliphatic carbocycles. The van der Waals surface area contributed by atoms with Crippen molar-refractivity contribution in [3.63, 3.8) is 0 Å². The van der Waals surface area contributed by atoms with Crippen LogP contribution < -0.4 is 4.74 Å². The first-order valence-electron chi connectivity index (χ1n) is 6.92. The lowest BCUT2D eigenvalue weighted by Crippen LogP contribution is -2.46. The van der Waals surface area contributed by atoms with Gasteiger partial charge in [0.2, 0.25) is 0 Å². The molecule has 1 atom stereocenters. The molecule has 1 fully saturated rings. The molecule has 0 bridgehead atoms. The minimum atomic E-state index is -0.801. The van der Waals surface area contributed by atoms with Crippen molar-refractivity contribution in [2.45, 2.75) is 25.3 Å². The number of non-ortho nitro benzene ring substituents is 1. The van der Waals surface area contributed by atoms with E-state index in [-0.39, 0.29) is 5.69 Å². The second-order valence-corrected chi connectivity index (χ2v) is 4.99. The number of nitrogens with zero attached hydrogens (tertiary/aromatic N) is 2. The predicted octanol–water partition coefficient (Wildman–Crippen LogP) is 1.91. The van der Waals surface area contributed by atoms with Crippen LogP contribution in [0.1, 0.15) is 19.3 Å². The number of carboxylic acids is 1. The number of piperidine rings is 1. The topological polar surface area (TPSA) is 92.9 Å². The van der Waals surface area contributed by atoms with Crippen molar-refractivity contribution in [3.05, 3.63) is 34.4 Å². The van der Waals surface area contributed by atoms with Gasteiger partial charge in [-0.25, -0.2) is 0 Å². The Morgan fingerprint density at radius 3 is 3.00 bits per heavy atom. The van der Waals surface area contributed by atoms with Crippen LogP contribution in [0.25, 0.3) is 0 Å². The molecule has 7 heteroatoms. The summed E-state index contributed by atoms with van der Waals surface area (Å²) in [7, 11) is 0. The highest BCUT2D eigenvalue weighted by molar-refractivity contribution is 5.73. The Balaban J connectivity index is 1.87. The summed E-state index contributed by atoms with van der Waals surface area (Å²) in [5, 5.41) is 19.8. The average molecular weight is 294 g/mol.